The lowest BCUT2D eigenvalue weighted by Gasteiger charge is -2.09. The van der Waals surface area contributed by atoms with Crippen LogP contribution in [0, 0.1) is 6.92 Å². The monoisotopic (exact) mass is 303 g/mol. The Morgan fingerprint density at radius 1 is 1.28 bits per heavy atom. The Bertz CT molecular complexity index is 679. The Morgan fingerprint density at radius 3 is 2.56 bits per heavy atom. The van der Waals surface area contributed by atoms with E-state index in [1.165, 1.54) is 30.3 Å². The maximum atomic E-state index is 12.0. The predicted molar refractivity (Wildman–Crippen MR) is 73.0 cm³/mol. The van der Waals surface area contributed by atoms with Gasteiger partial charge >= 0.3 is 0 Å². The Kier molecular flexibility index (Phi) is 3.52. The molecule has 96 valence electrons. The summed E-state index contributed by atoms with van der Waals surface area (Å²) in [7, 11) is -3.63. The number of halogens is 1. The molecule has 4 nitrogen and oxygen atoms in total. The summed E-state index contributed by atoms with van der Waals surface area (Å²) in [5, 5.41) is 9.26. The molecular formula is C11H10ClNO3S2. The van der Waals surface area contributed by atoms with Crippen LogP contribution in [0.1, 0.15) is 5.56 Å². The number of nitrogens with one attached hydrogen (secondary N) is 1. The first-order chi connectivity index (χ1) is 8.38. The van der Waals surface area contributed by atoms with Gasteiger partial charge in [-0.25, -0.2) is 8.42 Å². The quantitative estimate of drug-likeness (QED) is 0.856. The van der Waals surface area contributed by atoms with Crippen LogP contribution in [0.25, 0.3) is 0 Å². The summed E-state index contributed by atoms with van der Waals surface area (Å²) in [5.74, 6) is 0.0922. The molecule has 0 bridgehead atoms. The minimum atomic E-state index is -3.63. The van der Waals surface area contributed by atoms with Gasteiger partial charge < -0.3 is 5.11 Å². The van der Waals surface area contributed by atoms with E-state index in [0.717, 1.165) is 11.3 Å². The van der Waals surface area contributed by atoms with Crippen molar-refractivity contribution in [2.45, 2.75) is 11.1 Å². The van der Waals surface area contributed by atoms with Crippen LogP contribution in [-0.2, 0) is 10.0 Å². The number of hydrogen-bond acceptors (Lipinski definition) is 4. The minimum absolute atomic E-state index is 0.0922. The van der Waals surface area contributed by atoms with Crippen LogP contribution < -0.4 is 4.72 Å². The highest BCUT2D eigenvalue weighted by Gasteiger charge is 2.17. The predicted octanol–water partition coefficient (Wildman–Crippen LogP) is 3.22. The molecule has 0 aliphatic carbocycles. The first-order valence-electron chi connectivity index (χ1n) is 4.96. The smallest absolute Gasteiger partial charge is 0.271 e. The average molecular weight is 304 g/mol. The standard InChI is InChI=1S/C11H10ClNO3S2/c1-7-6-8(14)2-3-9(7)13-18(15,16)11-5-4-10(12)17-11/h2-6,13-14H,1H3. The van der Waals surface area contributed by atoms with E-state index >= 15 is 0 Å². The van der Waals surface area contributed by atoms with Gasteiger partial charge in [-0.1, -0.05) is 11.6 Å². The Labute approximate surface area is 114 Å². The van der Waals surface area contributed by atoms with Crippen molar-refractivity contribution < 1.29 is 13.5 Å². The van der Waals surface area contributed by atoms with Gasteiger partial charge in [0, 0.05) is 0 Å². The molecular weight excluding hydrogens is 294 g/mol. The summed E-state index contributed by atoms with van der Waals surface area (Å²) in [6.45, 7) is 1.71. The number of anilines is 1. The van der Waals surface area contributed by atoms with Crippen molar-refractivity contribution >= 4 is 38.6 Å². The van der Waals surface area contributed by atoms with Gasteiger partial charge in [-0.15, -0.1) is 11.3 Å². The van der Waals surface area contributed by atoms with Gasteiger partial charge in [-0.05, 0) is 42.8 Å². The maximum Gasteiger partial charge on any atom is 0.271 e. The van der Waals surface area contributed by atoms with E-state index in [2.05, 4.69) is 4.72 Å². The highest BCUT2D eigenvalue weighted by molar-refractivity contribution is 7.94. The summed E-state index contributed by atoms with van der Waals surface area (Å²) in [5.41, 5.74) is 1.07. The second-order valence-electron chi connectivity index (χ2n) is 3.66. The van der Waals surface area contributed by atoms with Gasteiger partial charge in [0.25, 0.3) is 10.0 Å². The number of aryl methyl sites for hydroxylation is 1. The normalized spacial score (nSPS) is 11.4. The van der Waals surface area contributed by atoms with E-state index in [1.54, 1.807) is 6.92 Å². The van der Waals surface area contributed by atoms with Crippen LogP contribution in [0.15, 0.2) is 34.5 Å². The molecule has 1 heterocycles. The van der Waals surface area contributed by atoms with Gasteiger partial charge in [0.15, 0.2) is 0 Å². The SMILES string of the molecule is Cc1cc(O)ccc1NS(=O)(=O)c1ccc(Cl)s1. The lowest BCUT2D eigenvalue weighted by atomic mass is 10.2. The third-order valence-corrected chi connectivity index (χ3v) is 5.36. The van der Waals surface area contributed by atoms with E-state index in [-0.39, 0.29) is 9.96 Å². The van der Waals surface area contributed by atoms with Crippen LogP contribution in [0.5, 0.6) is 5.75 Å². The van der Waals surface area contributed by atoms with Crippen LogP contribution in [0.2, 0.25) is 4.34 Å². The van der Waals surface area contributed by atoms with Crippen molar-refractivity contribution in [2.75, 3.05) is 4.72 Å². The number of phenols is 1. The molecule has 0 fully saturated rings. The van der Waals surface area contributed by atoms with Crippen molar-refractivity contribution in [3.63, 3.8) is 0 Å². The molecule has 2 aromatic rings. The maximum absolute atomic E-state index is 12.0. The molecule has 18 heavy (non-hydrogen) atoms. The molecule has 0 radical (unpaired) electrons. The highest BCUT2D eigenvalue weighted by atomic mass is 35.5. The van der Waals surface area contributed by atoms with Gasteiger partial charge in [0.1, 0.15) is 9.96 Å². The number of sulfonamides is 1. The minimum Gasteiger partial charge on any atom is -0.508 e. The largest absolute Gasteiger partial charge is 0.508 e. The zero-order chi connectivity index (χ0) is 13.3. The summed E-state index contributed by atoms with van der Waals surface area (Å²) in [6.07, 6.45) is 0. The number of aromatic hydroxyl groups is 1. The molecule has 0 saturated heterocycles. The number of hydrogen-bond donors (Lipinski definition) is 2. The van der Waals surface area contributed by atoms with Gasteiger partial charge in [-0.2, -0.15) is 0 Å². The Balaban J connectivity index is 2.33. The fourth-order valence-corrected chi connectivity index (χ4v) is 4.01. The van der Waals surface area contributed by atoms with E-state index in [9.17, 15) is 13.5 Å². The molecule has 2 N–H and O–H groups in total. The van der Waals surface area contributed by atoms with Gasteiger partial charge in [0.2, 0.25) is 0 Å². The lowest BCUT2D eigenvalue weighted by molar-refractivity contribution is 0.475. The first kappa shape index (κ1) is 13.2. The lowest BCUT2D eigenvalue weighted by Crippen LogP contribution is -2.12. The average Bonchev–Trinajstić information content (AvgIpc) is 2.70. The summed E-state index contributed by atoms with van der Waals surface area (Å²) < 4.78 is 27.1. The van der Waals surface area contributed by atoms with Crippen molar-refractivity contribution in [3.8, 4) is 5.75 Å². The van der Waals surface area contributed by atoms with Crippen LogP contribution in [-0.4, -0.2) is 13.5 Å². The van der Waals surface area contributed by atoms with Crippen molar-refractivity contribution in [1.82, 2.24) is 0 Å². The summed E-state index contributed by atoms with van der Waals surface area (Å²) in [6, 6.07) is 7.40. The van der Waals surface area contributed by atoms with E-state index < -0.39 is 10.0 Å². The van der Waals surface area contributed by atoms with Crippen LogP contribution in [0.4, 0.5) is 5.69 Å². The van der Waals surface area contributed by atoms with Gasteiger partial charge in [-0.3, -0.25) is 4.72 Å². The fraction of sp³-hybridized carbons (Fsp3) is 0.0909. The van der Waals surface area contributed by atoms with Crippen molar-refractivity contribution in [3.05, 3.63) is 40.2 Å². The van der Waals surface area contributed by atoms with Crippen molar-refractivity contribution in [1.29, 1.82) is 0 Å². The Hall–Kier alpha value is -1.24. The molecule has 0 saturated carbocycles. The molecule has 1 aromatic carbocycles. The molecule has 1 aromatic heterocycles. The van der Waals surface area contributed by atoms with Crippen LogP contribution in [0.3, 0.4) is 0 Å². The third-order valence-electron chi connectivity index (χ3n) is 2.27. The number of thiophene rings is 1. The second-order valence-corrected chi connectivity index (χ2v) is 7.29. The molecule has 0 spiro atoms. The number of benzene rings is 1. The molecule has 0 atom stereocenters. The summed E-state index contributed by atoms with van der Waals surface area (Å²) in [4.78, 5) is 0. The fourth-order valence-electron chi connectivity index (χ4n) is 1.40. The van der Waals surface area contributed by atoms with Crippen LogP contribution >= 0.6 is 22.9 Å². The zero-order valence-corrected chi connectivity index (χ0v) is 11.7. The first-order valence-corrected chi connectivity index (χ1v) is 7.64. The molecule has 0 aliphatic rings. The van der Waals surface area contributed by atoms with E-state index in [4.69, 9.17) is 11.6 Å². The van der Waals surface area contributed by atoms with E-state index in [0.29, 0.717) is 15.6 Å². The molecule has 0 unspecified atom stereocenters. The summed E-state index contributed by atoms with van der Waals surface area (Å²) >= 11 is 6.70. The molecule has 2 rings (SSSR count). The third kappa shape index (κ3) is 2.77. The number of phenolic OH excluding ortho intramolecular Hbond substituents is 1. The topological polar surface area (TPSA) is 66.4 Å². The number of rotatable bonds is 3. The molecule has 0 aliphatic heterocycles. The molecule has 7 heteroatoms. The van der Waals surface area contributed by atoms with Crippen molar-refractivity contribution in [2.24, 2.45) is 0 Å². The van der Waals surface area contributed by atoms with E-state index in [1.807, 2.05) is 0 Å². The Morgan fingerprint density at radius 2 is 2.00 bits per heavy atom. The second kappa shape index (κ2) is 4.79. The van der Waals surface area contributed by atoms with Gasteiger partial charge in [0.05, 0.1) is 10.0 Å². The highest BCUT2D eigenvalue weighted by Crippen LogP contribution is 2.28. The zero-order valence-electron chi connectivity index (χ0n) is 9.34. The molecule has 0 amide bonds.